The van der Waals surface area contributed by atoms with Crippen molar-refractivity contribution in [3.63, 3.8) is 0 Å². The molecule has 1 heterocycles. The fourth-order valence-corrected chi connectivity index (χ4v) is 1.97. The van der Waals surface area contributed by atoms with Gasteiger partial charge in [-0.2, -0.15) is 0 Å². The SMILES string of the molecule is CC(C)N(Cc1ccccc1N)c1ccncc1. The van der Waals surface area contributed by atoms with Crippen molar-refractivity contribution in [2.24, 2.45) is 0 Å². The summed E-state index contributed by atoms with van der Waals surface area (Å²) in [5.41, 5.74) is 9.18. The maximum Gasteiger partial charge on any atom is 0.0452 e. The maximum atomic E-state index is 6.01. The molecule has 0 amide bonds. The summed E-state index contributed by atoms with van der Waals surface area (Å²) in [6.45, 7) is 5.17. The minimum absolute atomic E-state index is 0.409. The summed E-state index contributed by atoms with van der Waals surface area (Å²) < 4.78 is 0. The minimum Gasteiger partial charge on any atom is -0.398 e. The molecule has 18 heavy (non-hydrogen) atoms. The van der Waals surface area contributed by atoms with E-state index in [2.05, 4.69) is 29.8 Å². The highest BCUT2D eigenvalue weighted by molar-refractivity contribution is 5.52. The predicted molar refractivity (Wildman–Crippen MR) is 76.4 cm³/mol. The number of aromatic nitrogens is 1. The highest BCUT2D eigenvalue weighted by Gasteiger charge is 2.12. The molecule has 0 saturated heterocycles. The van der Waals surface area contributed by atoms with Gasteiger partial charge < -0.3 is 10.6 Å². The number of rotatable bonds is 4. The van der Waals surface area contributed by atoms with Crippen molar-refractivity contribution in [3.8, 4) is 0 Å². The second-order valence-electron chi connectivity index (χ2n) is 4.63. The average molecular weight is 241 g/mol. The molecule has 1 aromatic carbocycles. The van der Waals surface area contributed by atoms with E-state index in [0.717, 1.165) is 17.8 Å². The standard InChI is InChI=1S/C15H19N3/c1-12(2)18(14-7-9-17-10-8-14)11-13-5-3-4-6-15(13)16/h3-10,12H,11,16H2,1-2H3. The average Bonchev–Trinajstić information content (AvgIpc) is 2.38. The molecule has 0 atom stereocenters. The number of anilines is 2. The number of hydrogen-bond donors (Lipinski definition) is 1. The van der Waals surface area contributed by atoms with Gasteiger partial charge in [-0.1, -0.05) is 18.2 Å². The van der Waals surface area contributed by atoms with Crippen LogP contribution in [0, 0.1) is 0 Å². The van der Waals surface area contributed by atoms with Crippen molar-refractivity contribution >= 4 is 11.4 Å². The first-order valence-electron chi connectivity index (χ1n) is 6.18. The van der Waals surface area contributed by atoms with E-state index < -0.39 is 0 Å². The lowest BCUT2D eigenvalue weighted by Gasteiger charge is -2.29. The zero-order valence-electron chi connectivity index (χ0n) is 10.9. The lowest BCUT2D eigenvalue weighted by molar-refractivity contribution is 0.683. The van der Waals surface area contributed by atoms with Crippen LogP contribution in [0.3, 0.4) is 0 Å². The van der Waals surface area contributed by atoms with Crippen LogP contribution in [0.1, 0.15) is 19.4 Å². The van der Waals surface area contributed by atoms with Crippen molar-refractivity contribution in [1.29, 1.82) is 0 Å². The van der Waals surface area contributed by atoms with Gasteiger partial charge in [-0.3, -0.25) is 4.98 Å². The minimum atomic E-state index is 0.409. The van der Waals surface area contributed by atoms with Gasteiger partial charge in [-0.15, -0.1) is 0 Å². The van der Waals surface area contributed by atoms with Crippen LogP contribution < -0.4 is 10.6 Å². The molecule has 2 N–H and O–H groups in total. The molecule has 0 aliphatic heterocycles. The smallest absolute Gasteiger partial charge is 0.0452 e. The highest BCUT2D eigenvalue weighted by Crippen LogP contribution is 2.21. The van der Waals surface area contributed by atoms with E-state index in [4.69, 9.17) is 5.73 Å². The summed E-state index contributed by atoms with van der Waals surface area (Å²) in [7, 11) is 0. The van der Waals surface area contributed by atoms with E-state index in [1.165, 1.54) is 5.69 Å². The molecular formula is C15H19N3. The Morgan fingerprint density at radius 1 is 1.11 bits per heavy atom. The van der Waals surface area contributed by atoms with E-state index in [1.54, 1.807) is 0 Å². The van der Waals surface area contributed by atoms with Crippen molar-refractivity contribution in [1.82, 2.24) is 4.98 Å². The van der Waals surface area contributed by atoms with Crippen LogP contribution in [-0.2, 0) is 6.54 Å². The third-order valence-electron chi connectivity index (χ3n) is 3.01. The Balaban J connectivity index is 2.26. The van der Waals surface area contributed by atoms with Gasteiger partial charge in [-0.05, 0) is 37.6 Å². The molecule has 1 aromatic heterocycles. The number of hydrogen-bond acceptors (Lipinski definition) is 3. The van der Waals surface area contributed by atoms with Gasteiger partial charge in [0, 0.05) is 36.4 Å². The van der Waals surface area contributed by atoms with Crippen molar-refractivity contribution in [2.75, 3.05) is 10.6 Å². The van der Waals surface area contributed by atoms with Crippen LogP contribution in [0.15, 0.2) is 48.8 Å². The molecule has 0 fully saturated rings. The lowest BCUT2D eigenvalue weighted by atomic mass is 10.1. The summed E-state index contributed by atoms with van der Waals surface area (Å²) in [6, 6.07) is 12.5. The van der Waals surface area contributed by atoms with Crippen molar-refractivity contribution in [3.05, 3.63) is 54.4 Å². The van der Waals surface area contributed by atoms with Crippen LogP contribution >= 0.6 is 0 Å². The first kappa shape index (κ1) is 12.4. The Bertz CT molecular complexity index is 494. The molecule has 0 spiro atoms. The molecule has 0 saturated carbocycles. The van der Waals surface area contributed by atoms with E-state index in [0.29, 0.717) is 6.04 Å². The summed E-state index contributed by atoms with van der Waals surface area (Å²) in [4.78, 5) is 6.37. The quantitative estimate of drug-likeness (QED) is 0.836. The molecule has 3 heteroatoms. The second kappa shape index (κ2) is 5.54. The van der Waals surface area contributed by atoms with Crippen LogP contribution in [0.2, 0.25) is 0 Å². The van der Waals surface area contributed by atoms with Crippen LogP contribution in [0.4, 0.5) is 11.4 Å². The number of benzene rings is 1. The van der Waals surface area contributed by atoms with Crippen LogP contribution in [-0.4, -0.2) is 11.0 Å². The number of nitrogens with zero attached hydrogens (tertiary/aromatic N) is 2. The molecular weight excluding hydrogens is 222 g/mol. The number of nitrogen functional groups attached to an aromatic ring is 1. The molecule has 94 valence electrons. The monoisotopic (exact) mass is 241 g/mol. The zero-order valence-corrected chi connectivity index (χ0v) is 10.9. The van der Waals surface area contributed by atoms with Crippen molar-refractivity contribution < 1.29 is 0 Å². The molecule has 3 nitrogen and oxygen atoms in total. The lowest BCUT2D eigenvalue weighted by Crippen LogP contribution is -2.30. The molecule has 0 aliphatic carbocycles. The first-order chi connectivity index (χ1) is 8.68. The fourth-order valence-electron chi connectivity index (χ4n) is 1.97. The third-order valence-corrected chi connectivity index (χ3v) is 3.01. The largest absolute Gasteiger partial charge is 0.398 e. The molecule has 0 radical (unpaired) electrons. The Hall–Kier alpha value is -2.03. The number of para-hydroxylation sites is 1. The topological polar surface area (TPSA) is 42.1 Å². The van der Waals surface area contributed by atoms with Gasteiger partial charge in [0.2, 0.25) is 0 Å². The van der Waals surface area contributed by atoms with Gasteiger partial charge in [-0.25, -0.2) is 0 Å². The Kier molecular flexibility index (Phi) is 3.82. The summed E-state index contributed by atoms with van der Waals surface area (Å²) >= 11 is 0. The molecule has 0 aliphatic rings. The van der Waals surface area contributed by atoms with E-state index in [-0.39, 0.29) is 0 Å². The summed E-state index contributed by atoms with van der Waals surface area (Å²) in [6.07, 6.45) is 3.64. The highest BCUT2D eigenvalue weighted by atomic mass is 15.2. The third kappa shape index (κ3) is 2.80. The first-order valence-corrected chi connectivity index (χ1v) is 6.18. The summed E-state index contributed by atoms with van der Waals surface area (Å²) in [5.74, 6) is 0. The fraction of sp³-hybridized carbons (Fsp3) is 0.267. The predicted octanol–water partition coefficient (Wildman–Crippen LogP) is 3.08. The van der Waals surface area contributed by atoms with Gasteiger partial charge in [0.1, 0.15) is 0 Å². The van der Waals surface area contributed by atoms with Crippen molar-refractivity contribution in [2.45, 2.75) is 26.4 Å². The van der Waals surface area contributed by atoms with Gasteiger partial charge in [0.25, 0.3) is 0 Å². The van der Waals surface area contributed by atoms with Gasteiger partial charge in [0.15, 0.2) is 0 Å². The van der Waals surface area contributed by atoms with Gasteiger partial charge in [0.05, 0.1) is 0 Å². The number of nitrogens with two attached hydrogens (primary N) is 1. The number of pyridine rings is 1. The van der Waals surface area contributed by atoms with Crippen LogP contribution in [0.5, 0.6) is 0 Å². The molecule has 0 unspecified atom stereocenters. The zero-order chi connectivity index (χ0) is 13.0. The van der Waals surface area contributed by atoms with Gasteiger partial charge >= 0.3 is 0 Å². The Morgan fingerprint density at radius 3 is 2.39 bits per heavy atom. The summed E-state index contributed by atoms with van der Waals surface area (Å²) in [5, 5.41) is 0. The molecule has 2 rings (SSSR count). The Morgan fingerprint density at radius 2 is 1.78 bits per heavy atom. The Labute approximate surface area is 108 Å². The van der Waals surface area contributed by atoms with Crippen LogP contribution in [0.25, 0.3) is 0 Å². The molecule has 0 bridgehead atoms. The van der Waals surface area contributed by atoms with E-state index >= 15 is 0 Å². The normalized spacial score (nSPS) is 10.6. The van der Waals surface area contributed by atoms with E-state index in [1.807, 2.05) is 42.7 Å². The maximum absolute atomic E-state index is 6.01. The molecule has 2 aromatic rings. The second-order valence-corrected chi connectivity index (χ2v) is 4.63. The van der Waals surface area contributed by atoms with E-state index in [9.17, 15) is 0 Å².